The van der Waals surface area contributed by atoms with Gasteiger partial charge in [0.1, 0.15) is 6.04 Å². The number of aromatic nitrogens is 3. The third-order valence-electron chi connectivity index (χ3n) is 2.78. The summed E-state index contributed by atoms with van der Waals surface area (Å²) in [5, 5.41) is 17.0. The second-order valence-electron chi connectivity index (χ2n) is 5.15. The van der Waals surface area contributed by atoms with Gasteiger partial charge in [-0.15, -0.1) is 11.3 Å². The number of halogens is 1. The van der Waals surface area contributed by atoms with Crippen molar-refractivity contribution >= 4 is 38.4 Å². The predicted octanol–water partition coefficient (Wildman–Crippen LogP) is 3.06. The Hall–Kier alpha value is -1.41. The number of anilines is 1. The van der Waals surface area contributed by atoms with Crippen LogP contribution < -0.4 is 5.32 Å². The second kappa shape index (κ2) is 7.04. The number of thiazole rings is 1. The van der Waals surface area contributed by atoms with Gasteiger partial charge in [0.25, 0.3) is 0 Å². The van der Waals surface area contributed by atoms with Crippen LogP contribution in [0.2, 0.25) is 0 Å². The fourth-order valence-electron chi connectivity index (χ4n) is 1.87. The fourth-order valence-corrected chi connectivity index (χ4v) is 3.06. The highest BCUT2D eigenvalue weighted by atomic mass is 79.9. The van der Waals surface area contributed by atoms with Crippen LogP contribution in [0, 0.1) is 5.92 Å². The van der Waals surface area contributed by atoms with E-state index in [9.17, 15) is 9.90 Å². The molecule has 2 rings (SSSR count). The molecule has 0 bridgehead atoms. The van der Waals surface area contributed by atoms with Crippen LogP contribution in [0.5, 0.6) is 0 Å². The van der Waals surface area contributed by atoms with Gasteiger partial charge < -0.3 is 10.4 Å². The summed E-state index contributed by atoms with van der Waals surface area (Å²) in [6.45, 7) is 4.62. The highest BCUT2D eigenvalue weighted by Gasteiger charge is 2.19. The maximum absolute atomic E-state index is 11.2. The Balaban J connectivity index is 2.00. The average Bonchev–Trinajstić information content (AvgIpc) is 2.98. The van der Waals surface area contributed by atoms with Crippen LogP contribution in [0.3, 0.4) is 0 Å². The lowest BCUT2D eigenvalue weighted by molar-refractivity contribution is -0.138. The summed E-state index contributed by atoms with van der Waals surface area (Å²) in [4.78, 5) is 16.5. The lowest BCUT2D eigenvalue weighted by Crippen LogP contribution is -2.30. The molecule has 2 aromatic rings. The Labute approximate surface area is 135 Å². The van der Waals surface area contributed by atoms with Gasteiger partial charge in [0, 0.05) is 17.3 Å². The van der Waals surface area contributed by atoms with E-state index < -0.39 is 12.0 Å². The molecule has 0 saturated carbocycles. The standard InChI is InChI=1S/C13H17BrN4O2S/c1-8(2)3-11(12(19)20)17-13-15-5-10(21-13)7-18-6-9(14)4-16-18/h4-6,8,11H,3,7H2,1-2H3,(H,15,17)(H,19,20). The highest BCUT2D eigenvalue weighted by Crippen LogP contribution is 2.21. The van der Waals surface area contributed by atoms with E-state index in [1.807, 2.05) is 20.0 Å². The molecular formula is C13H17BrN4O2S. The van der Waals surface area contributed by atoms with E-state index in [1.54, 1.807) is 17.1 Å². The number of aliphatic carboxylic acids is 1. The van der Waals surface area contributed by atoms with Crippen molar-refractivity contribution in [2.75, 3.05) is 5.32 Å². The molecule has 114 valence electrons. The molecule has 0 radical (unpaired) electrons. The van der Waals surface area contributed by atoms with E-state index in [1.165, 1.54) is 11.3 Å². The molecule has 0 amide bonds. The minimum Gasteiger partial charge on any atom is -0.480 e. The van der Waals surface area contributed by atoms with Crippen LogP contribution in [0.15, 0.2) is 23.1 Å². The van der Waals surface area contributed by atoms with Crippen molar-refractivity contribution in [3.63, 3.8) is 0 Å². The molecule has 2 aromatic heterocycles. The number of hydrogen-bond donors (Lipinski definition) is 2. The first-order valence-corrected chi connectivity index (χ1v) is 8.17. The molecule has 0 aliphatic carbocycles. The molecule has 0 fully saturated rings. The SMILES string of the molecule is CC(C)CC(Nc1ncc(Cn2cc(Br)cn2)s1)C(=O)O. The third kappa shape index (κ3) is 4.82. The van der Waals surface area contributed by atoms with Gasteiger partial charge in [-0.3, -0.25) is 4.68 Å². The van der Waals surface area contributed by atoms with Crippen LogP contribution in [0.1, 0.15) is 25.1 Å². The molecule has 0 aliphatic rings. The predicted molar refractivity (Wildman–Crippen MR) is 85.6 cm³/mol. The molecule has 2 heterocycles. The van der Waals surface area contributed by atoms with Crippen LogP contribution in [-0.4, -0.2) is 31.9 Å². The van der Waals surface area contributed by atoms with Gasteiger partial charge in [0.15, 0.2) is 5.13 Å². The zero-order chi connectivity index (χ0) is 15.4. The Bertz CT molecular complexity index is 611. The summed E-state index contributed by atoms with van der Waals surface area (Å²) >= 11 is 4.80. The van der Waals surface area contributed by atoms with Crippen molar-refractivity contribution in [3.8, 4) is 0 Å². The van der Waals surface area contributed by atoms with Crippen LogP contribution in [-0.2, 0) is 11.3 Å². The van der Waals surface area contributed by atoms with Gasteiger partial charge in [-0.25, -0.2) is 9.78 Å². The molecule has 0 aliphatic heterocycles. The topological polar surface area (TPSA) is 80.0 Å². The largest absolute Gasteiger partial charge is 0.480 e. The van der Waals surface area contributed by atoms with Crippen molar-refractivity contribution in [3.05, 3.63) is 27.9 Å². The summed E-state index contributed by atoms with van der Waals surface area (Å²) in [6, 6.07) is -0.608. The van der Waals surface area contributed by atoms with Gasteiger partial charge in [-0.2, -0.15) is 5.10 Å². The summed E-state index contributed by atoms with van der Waals surface area (Å²) in [5.74, 6) is -0.545. The smallest absolute Gasteiger partial charge is 0.326 e. The Morgan fingerprint density at radius 2 is 2.29 bits per heavy atom. The quantitative estimate of drug-likeness (QED) is 0.780. The molecule has 2 N–H and O–H groups in total. The number of rotatable bonds is 7. The van der Waals surface area contributed by atoms with Gasteiger partial charge in [0.2, 0.25) is 0 Å². The van der Waals surface area contributed by atoms with Gasteiger partial charge in [-0.1, -0.05) is 13.8 Å². The van der Waals surface area contributed by atoms with Gasteiger partial charge in [0.05, 0.1) is 17.2 Å². The zero-order valence-corrected chi connectivity index (χ0v) is 14.2. The summed E-state index contributed by atoms with van der Waals surface area (Å²) in [6.07, 6.45) is 5.92. The first-order chi connectivity index (χ1) is 9.94. The monoisotopic (exact) mass is 372 g/mol. The molecule has 0 saturated heterocycles. The number of carbonyl (C=O) groups is 1. The number of nitrogens with zero attached hydrogens (tertiary/aromatic N) is 3. The van der Waals surface area contributed by atoms with Crippen LogP contribution in [0.4, 0.5) is 5.13 Å². The molecule has 0 spiro atoms. The Morgan fingerprint density at radius 1 is 1.52 bits per heavy atom. The molecule has 1 unspecified atom stereocenters. The minimum absolute atomic E-state index is 0.305. The van der Waals surface area contributed by atoms with Crippen LogP contribution in [0.25, 0.3) is 0 Å². The second-order valence-corrected chi connectivity index (χ2v) is 7.18. The molecule has 0 aromatic carbocycles. The van der Waals surface area contributed by atoms with Crippen molar-refractivity contribution in [2.45, 2.75) is 32.9 Å². The molecule has 8 heteroatoms. The lowest BCUT2D eigenvalue weighted by atomic mass is 10.0. The number of hydrogen-bond acceptors (Lipinski definition) is 5. The molecular weight excluding hydrogens is 356 g/mol. The maximum Gasteiger partial charge on any atom is 0.326 e. The van der Waals surface area contributed by atoms with Gasteiger partial charge in [-0.05, 0) is 28.3 Å². The van der Waals surface area contributed by atoms with Crippen LogP contribution >= 0.6 is 27.3 Å². The van der Waals surface area contributed by atoms with E-state index >= 15 is 0 Å². The van der Waals surface area contributed by atoms with Crippen molar-refractivity contribution in [1.29, 1.82) is 0 Å². The number of carboxylic acid groups (broad SMARTS) is 1. The first-order valence-electron chi connectivity index (χ1n) is 6.56. The fraction of sp³-hybridized carbons (Fsp3) is 0.462. The summed E-state index contributed by atoms with van der Waals surface area (Å²) < 4.78 is 2.72. The lowest BCUT2D eigenvalue weighted by Gasteiger charge is -2.15. The van der Waals surface area contributed by atoms with E-state index in [0.717, 1.165) is 9.35 Å². The average molecular weight is 373 g/mol. The van der Waals surface area contributed by atoms with E-state index in [2.05, 4.69) is 31.3 Å². The number of carboxylic acids is 1. The minimum atomic E-state index is -0.851. The van der Waals surface area contributed by atoms with E-state index in [0.29, 0.717) is 24.0 Å². The van der Waals surface area contributed by atoms with E-state index in [4.69, 9.17) is 0 Å². The summed E-state index contributed by atoms with van der Waals surface area (Å²) in [7, 11) is 0. The maximum atomic E-state index is 11.2. The molecule has 6 nitrogen and oxygen atoms in total. The third-order valence-corrected chi connectivity index (χ3v) is 4.10. The van der Waals surface area contributed by atoms with Crippen molar-refractivity contribution in [2.24, 2.45) is 5.92 Å². The Kier molecular flexibility index (Phi) is 5.35. The van der Waals surface area contributed by atoms with Crippen molar-refractivity contribution < 1.29 is 9.90 Å². The summed E-state index contributed by atoms with van der Waals surface area (Å²) in [5.41, 5.74) is 0. The van der Waals surface area contributed by atoms with Gasteiger partial charge >= 0.3 is 5.97 Å². The van der Waals surface area contributed by atoms with E-state index in [-0.39, 0.29) is 0 Å². The molecule has 21 heavy (non-hydrogen) atoms. The normalized spacial score (nSPS) is 12.6. The number of nitrogens with one attached hydrogen (secondary N) is 1. The molecule has 1 atom stereocenters. The highest BCUT2D eigenvalue weighted by molar-refractivity contribution is 9.10. The van der Waals surface area contributed by atoms with Crippen molar-refractivity contribution in [1.82, 2.24) is 14.8 Å². The zero-order valence-electron chi connectivity index (χ0n) is 11.8. The Morgan fingerprint density at radius 3 is 2.86 bits per heavy atom. The first kappa shape index (κ1) is 16.0.